The van der Waals surface area contributed by atoms with Crippen molar-refractivity contribution in [1.82, 2.24) is 71.7 Å². The number of carbonyl (C=O) groups is 6. The van der Waals surface area contributed by atoms with Crippen molar-refractivity contribution in [3.63, 3.8) is 0 Å². The van der Waals surface area contributed by atoms with Gasteiger partial charge >= 0.3 is 0 Å². The zero-order valence-corrected chi connectivity index (χ0v) is 47.6. The van der Waals surface area contributed by atoms with Gasteiger partial charge in [0.05, 0.1) is 61.9 Å². The highest BCUT2D eigenvalue weighted by Crippen LogP contribution is 2.38. The summed E-state index contributed by atoms with van der Waals surface area (Å²) in [4.78, 5) is 88.4. The fraction of sp³-hybridized carbons (Fsp3) is 0.452. The molecule has 10 rings (SSSR count). The normalized spacial score (nSPS) is 23.5. The predicted molar refractivity (Wildman–Crippen MR) is 308 cm³/mol. The van der Waals surface area contributed by atoms with Gasteiger partial charge in [-0.1, -0.05) is 132 Å². The van der Waals surface area contributed by atoms with E-state index in [1.807, 2.05) is 143 Å². The molecule has 83 heavy (non-hydrogen) atoms. The Hall–Kier alpha value is -8.14. The summed E-state index contributed by atoms with van der Waals surface area (Å²) in [7, 11) is 3.38. The zero-order chi connectivity index (χ0) is 58.0. The quantitative estimate of drug-likeness (QED) is 0.0605. The van der Waals surface area contributed by atoms with Crippen LogP contribution in [-0.4, -0.2) is 138 Å². The van der Waals surface area contributed by atoms with Gasteiger partial charge in [-0.05, 0) is 114 Å². The largest absolute Gasteiger partial charge is 0.369 e. The van der Waals surface area contributed by atoms with Gasteiger partial charge in [0.25, 0.3) is 0 Å². The molecule has 4 fully saturated rings. The van der Waals surface area contributed by atoms with E-state index in [1.165, 1.54) is 0 Å². The van der Waals surface area contributed by atoms with Crippen LogP contribution in [0.25, 0.3) is 0 Å². The molecule has 6 amide bonds. The molecule has 0 spiro atoms. The van der Waals surface area contributed by atoms with Crippen LogP contribution in [0.2, 0.25) is 0 Å². The Morgan fingerprint density at radius 3 is 1.17 bits per heavy atom. The lowest BCUT2D eigenvalue weighted by atomic mass is 9.94. The van der Waals surface area contributed by atoms with Crippen molar-refractivity contribution in [3.05, 3.63) is 167 Å². The van der Waals surface area contributed by atoms with E-state index >= 15 is 0 Å². The lowest BCUT2D eigenvalue weighted by molar-refractivity contribution is -0.145. The van der Waals surface area contributed by atoms with Gasteiger partial charge in [0.15, 0.2) is 0 Å². The number of benzene rings is 4. The number of aromatic nitrogens is 6. The van der Waals surface area contributed by atoms with Crippen LogP contribution < -0.4 is 31.9 Å². The maximum atomic E-state index is 14.6. The molecule has 0 saturated carbocycles. The molecule has 1 unspecified atom stereocenters. The van der Waals surface area contributed by atoms with Crippen LogP contribution in [0.1, 0.15) is 136 Å². The number of carbonyl (C=O) groups excluding carboxylic acids is 6. The average Bonchev–Trinajstić information content (AvgIpc) is 4.52. The number of fused-ring (bicyclic) bond motifs is 2. The molecule has 4 aliphatic rings. The summed E-state index contributed by atoms with van der Waals surface area (Å²) in [5.74, 6) is -1.68. The maximum Gasteiger partial charge on any atom is 0.246 e. The van der Waals surface area contributed by atoms with E-state index in [0.717, 1.165) is 22.3 Å². The summed E-state index contributed by atoms with van der Waals surface area (Å²) in [6.07, 6.45) is 8.55. The number of ether oxygens (including phenoxy) is 1. The van der Waals surface area contributed by atoms with Gasteiger partial charge in [0.2, 0.25) is 35.4 Å². The molecular weight excluding hydrogens is 1050 g/mol. The highest BCUT2D eigenvalue weighted by atomic mass is 16.5. The van der Waals surface area contributed by atoms with Crippen LogP contribution in [-0.2, 0) is 46.7 Å². The van der Waals surface area contributed by atoms with Crippen molar-refractivity contribution in [2.45, 2.75) is 164 Å². The first-order valence-electron chi connectivity index (χ1n) is 29.2. The Balaban J connectivity index is 0.805. The number of hydrogen-bond acceptors (Lipinski definition) is 13. The molecule has 0 radical (unpaired) electrons. The topological polar surface area (TPSA) is 252 Å². The second kappa shape index (κ2) is 26.8. The van der Waals surface area contributed by atoms with E-state index in [4.69, 9.17) is 4.74 Å². The van der Waals surface area contributed by atoms with Crippen molar-refractivity contribution in [1.29, 1.82) is 0 Å². The van der Waals surface area contributed by atoms with E-state index in [-0.39, 0.29) is 72.8 Å². The van der Waals surface area contributed by atoms with Crippen LogP contribution in [0.3, 0.4) is 0 Å². The molecule has 436 valence electrons. The molecule has 4 saturated heterocycles. The van der Waals surface area contributed by atoms with Gasteiger partial charge in [0, 0.05) is 12.1 Å². The molecule has 6 heterocycles. The van der Waals surface area contributed by atoms with Crippen LogP contribution >= 0.6 is 0 Å². The molecule has 21 nitrogen and oxygen atoms in total. The lowest BCUT2D eigenvalue weighted by Gasteiger charge is -2.38. The fourth-order valence-corrected chi connectivity index (χ4v) is 12.4. The van der Waals surface area contributed by atoms with Gasteiger partial charge in [-0.3, -0.25) is 28.8 Å². The highest BCUT2D eigenvalue weighted by molar-refractivity contribution is 5.95. The summed E-state index contributed by atoms with van der Waals surface area (Å²) in [6.45, 7) is 3.71. The Morgan fingerprint density at radius 1 is 0.494 bits per heavy atom. The molecule has 0 aliphatic carbocycles. The minimum absolute atomic E-state index is 0.119. The van der Waals surface area contributed by atoms with Gasteiger partial charge in [-0.2, -0.15) is 0 Å². The zero-order valence-electron chi connectivity index (χ0n) is 47.6. The third kappa shape index (κ3) is 13.5. The molecule has 4 aliphatic heterocycles. The molecular formula is C62H76N14O7. The van der Waals surface area contributed by atoms with Gasteiger partial charge in [-0.25, -0.2) is 9.36 Å². The number of nitrogens with one attached hydrogen (secondary N) is 6. The average molecular weight is 1130 g/mol. The van der Waals surface area contributed by atoms with Crippen molar-refractivity contribution >= 4 is 35.4 Å². The second-order valence-corrected chi connectivity index (χ2v) is 22.5. The van der Waals surface area contributed by atoms with Crippen LogP contribution in [0.5, 0.6) is 0 Å². The summed E-state index contributed by atoms with van der Waals surface area (Å²) in [5, 5.41) is 36.6. The summed E-state index contributed by atoms with van der Waals surface area (Å²) >= 11 is 0. The number of amides is 6. The fourth-order valence-electron chi connectivity index (χ4n) is 12.4. The molecule has 2 aromatic heterocycles. The minimum Gasteiger partial charge on any atom is -0.369 e. The molecule has 6 N–H and O–H groups in total. The van der Waals surface area contributed by atoms with Crippen LogP contribution in [0, 0.1) is 0 Å². The molecule has 0 bridgehead atoms. The van der Waals surface area contributed by atoms with Crippen molar-refractivity contribution in [2.24, 2.45) is 0 Å². The van der Waals surface area contributed by atoms with Gasteiger partial charge in [-0.15, -0.1) is 10.2 Å². The first kappa shape index (κ1) is 58.1. The highest BCUT2D eigenvalue weighted by Gasteiger charge is 2.48. The predicted octanol–water partition coefficient (Wildman–Crippen LogP) is 4.75. The first-order valence-corrected chi connectivity index (χ1v) is 29.2. The summed E-state index contributed by atoms with van der Waals surface area (Å²) in [6, 6.07) is 32.9. The third-order valence-corrected chi connectivity index (χ3v) is 17.1. The molecule has 10 atom stereocenters. The van der Waals surface area contributed by atoms with E-state index in [0.29, 0.717) is 75.6 Å². The summed E-state index contributed by atoms with van der Waals surface area (Å²) < 4.78 is 9.81. The van der Waals surface area contributed by atoms with E-state index in [1.54, 1.807) is 37.7 Å². The van der Waals surface area contributed by atoms with Gasteiger partial charge in [0.1, 0.15) is 35.6 Å². The van der Waals surface area contributed by atoms with Gasteiger partial charge < -0.3 is 46.4 Å². The smallest absolute Gasteiger partial charge is 0.246 e. The number of likely N-dealkylation sites (N-methyl/N-ethyl adjacent to an activating group) is 2. The Bertz CT molecular complexity index is 2880. The Labute approximate surface area is 484 Å². The standard InChI is InChI=1S/C62H76N14O7/c1-39(63-3)57(77)65-51-29-25-47(33-49-27-31-53(75(49)61(51)81)59(79)67-55(41-17-9-5-10-18-41)42-19-11-6-12-20-42)73-35-45(69-71-73)37-83-38-46-36-74(72-70-46)48-26-30-52(66-58(78)40(2)64-4)62(82)76-50(34-48)28-32-54(76)60(80)68-56(43-21-13-7-14-22-43)44-23-15-8-16-24-44/h5-24,35-36,39-40,47-56,63-64H,25-34,37-38H2,1-4H3,(H,65,77)(H,66,78)(H,67,79)(H,68,80)/t39-,40-,47-,48-,49+,50+,51-,52?,53-,54-/m0/s1. The van der Waals surface area contributed by atoms with E-state index in [2.05, 4.69) is 52.5 Å². The first-order chi connectivity index (χ1) is 40.4. The van der Waals surface area contributed by atoms with Crippen LogP contribution in [0.15, 0.2) is 134 Å². The third-order valence-electron chi connectivity index (χ3n) is 17.1. The SMILES string of the molecule is CN[C@@H](C)C(=O)NC1CC[C@H](n2cc(COCc3cn([C@H]4CC[C@H](NC(=O)[C@H](C)NC)C(=O)N5[C@H](CC[C@H]5C(=O)NC(c5ccccc5)c5ccccc5)C4)nn3)nn2)C[C@H]2CC[C@@H](C(=O)NC(c3ccccc3)c3ccccc3)N2C1=O. The van der Waals surface area contributed by atoms with E-state index < -0.39 is 48.3 Å². The minimum atomic E-state index is -0.867. The van der Waals surface area contributed by atoms with Crippen LogP contribution in [0.4, 0.5) is 0 Å². The monoisotopic (exact) mass is 1130 g/mol. The second-order valence-electron chi connectivity index (χ2n) is 22.5. The van der Waals surface area contributed by atoms with Crippen molar-refractivity contribution < 1.29 is 33.5 Å². The van der Waals surface area contributed by atoms with E-state index in [9.17, 15) is 28.8 Å². The Kier molecular flexibility index (Phi) is 18.8. The van der Waals surface area contributed by atoms with Crippen molar-refractivity contribution in [3.8, 4) is 0 Å². The molecule has 6 aromatic rings. The Morgan fingerprint density at radius 2 is 0.831 bits per heavy atom. The lowest BCUT2D eigenvalue weighted by Crippen LogP contribution is -2.58. The summed E-state index contributed by atoms with van der Waals surface area (Å²) in [5.41, 5.74) is 4.85. The number of hydrogen-bond donors (Lipinski definition) is 6. The molecule has 21 heteroatoms. The molecule has 4 aromatic carbocycles. The number of rotatable bonds is 20. The van der Waals surface area contributed by atoms with Crippen molar-refractivity contribution in [2.75, 3.05) is 14.1 Å². The maximum absolute atomic E-state index is 14.6. The number of nitrogens with zero attached hydrogens (tertiary/aromatic N) is 8.